The van der Waals surface area contributed by atoms with E-state index in [4.69, 9.17) is 30.7 Å². The number of aliphatic hydroxyl groups is 1. The van der Waals surface area contributed by atoms with Crippen molar-refractivity contribution in [3.8, 4) is 18.1 Å². The third-order valence-electron chi connectivity index (χ3n) is 8.01. The molecule has 260 valence electrons. The number of carbonyl (C=O) groups excluding carboxylic acids is 1. The summed E-state index contributed by atoms with van der Waals surface area (Å²) in [6, 6.07) is 11.4. The zero-order chi connectivity index (χ0) is 35.1. The summed E-state index contributed by atoms with van der Waals surface area (Å²) >= 11 is 0. The summed E-state index contributed by atoms with van der Waals surface area (Å²) in [5.41, 5.74) is 3.28. The summed E-state index contributed by atoms with van der Waals surface area (Å²) in [5, 5.41) is 18.4. The van der Waals surface area contributed by atoms with Crippen molar-refractivity contribution in [3.05, 3.63) is 48.8 Å². The monoisotopic (exact) mass is 695 g/mol. The summed E-state index contributed by atoms with van der Waals surface area (Å²) in [6.07, 6.45) is 3.77. The first-order valence-electron chi connectivity index (χ1n) is 15.8. The van der Waals surface area contributed by atoms with Crippen molar-refractivity contribution in [2.24, 2.45) is 5.41 Å². The second kappa shape index (κ2) is 13.2. The van der Waals surface area contributed by atoms with Crippen LogP contribution in [0.3, 0.4) is 0 Å². The molecule has 6 rings (SSSR count). The quantitative estimate of drug-likeness (QED) is 0.0923. The van der Waals surface area contributed by atoms with Crippen molar-refractivity contribution in [3.63, 3.8) is 0 Å². The molecule has 2 aliphatic rings. The van der Waals surface area contributed by atoms with E-state index in [9.17, 15) is 14.5 Å². The number of nitrogen functional groups attached to an aromatic ring is 1. The van der Waals surface area contributed by atoms with Crippen LogP contribution in [0.1, 0.15) is 46.8 Å². The molecule has 4 aromatic rings. The molecule has 16 heteroatoms. The number of benzene rings is 2. The molecule has 1 aliphatic carbocycles. The van der Waals surface area contributed by atoms with Crippen LogP contribution in [0, 0.1) is 17.8 Å². The van der Waals surface area contributed by atoms with E-state index in [0.29, 0.717) is 16.7 Å². The number of nitrogens with two attached hydrogens (primary N) is 1. The lowest BCUT2D eigenvalue weighted by atomic mass is 9.97. The van der Waals surface area contributed by atoms with Gasteiger partial charge in [0.1, 0.15) is 24.0 Å². The molecule has 1 aliphatic heterocycles. The van der Waals surface area contributed by atoms with Crippen LogP contribution >= 0.6 is 7.75 Å². The number of aromatic nitrogens is 4. The van der Waals surface area contributed by atoms with Crippen LogP contribution < -0.4 is 20.7 Å². The van der Waals surface area contributed by atoms with E-state index < -0.39 is 50.5 Å². The van der Waals surface area contributed by atoms with Gasteiger partial charge in [-0.15, -0.1) is 6.42 Å². The normalized spacial score (nSPS) is 24.3. The second-order valence-corrected chi connectivity index (χ2v) is 15.1. The zero-order valence-electron chi connectivity index (χ0n) is 27.5. The number of nitrogens with zero attached hydrogens (tertiary/aromatic N) is 4. The van der Waals surface area contributed by atoms with E-state index in [2.05, 4.69) is 25.4 Å². The lowest BCUT2D eigenvalue weighted by Crippen LogP contribution is -2.42. The number of fused-ring (bicyclic) bond motifs is 2. The summed E-state index contributed by atoms with van der Waals surface area (Å²) in [6.45, 7) is 6.59. The average Bonchev–Trinajstić information content (AvgIpc) is 3.72. The van der Waals surface area contributed by atoms with Gasteiger partial charge in [0.2, 0.25) is 11.6 Å². The predicted molar refractivity (Wildman–Crippen MR) is 180 cm³/mol. The van der Waals surface area contributed by atoms with Gasteiger partial charge in [0, 0.05) is 11.4 Å². The van der Waals surface area contributed by atoms with Crippen LogP contribution in [0.2, 0.25) is 0 Å². The Kier molecular flexibility index (Phi) is 9.29. The van der Waals surface area contributed by atoms with E-state index in [1.807, 2.05) is 44.9 Å². The van der Waals surface area contributed by atoms with Crippen LogP contribution in [0.25, 0.3) is 21.9 Å². The number of anilines is 2. The van der Waals surface area contributed by atoms with Crippen LogP contribution in [0.5, 0.6) is 5.75 Å². The Hall–Kier alpha value is -4.32. The number of nitrogens with one attached hydrogen (secondary N) is 2. The predicted octanol–water partition coefficient (Wildman–Crippen LogP) is 4.51. The Labute approximate surface area is 282 Å². The van der Waals surface area contributed by atoms with E-state index in [1.165, 1.54) is 17.8 Å². The molecular weight excluding hydrogens is 656 g/mol. The summed E-state index contributed by atoms with van der Waals surface area (Å²) in [7, 11) is -4.47. The summed E-state index contributed by atoms with van der Waals surface area (Å²) in [5.74, 6) is 1.79. The van der Waals surface area contributed by atoms with E-state index >= 15 is 4.39 Å². The van der Waals surface area contributed by atoms with Crippen molar-refractivity contribution < 1.29 is 37.4 Å². The number of carbonyl (C=O) groups is 1. The Morgan fingerprint density at radius 2 is 2.00 bits per heavy atom. The molecule has 0 spiro atoms. The Morgan fingerprint density at radius 3 is 2.71 bits per heavy atom. The number of aliphatic hydroxyl groups excluding tert-OH is 1. The maximum Gasteiger partial charge on any atom is 0.459 e. The fraction of sp³-hybridized carbons (Fsp3) is 0.455. The van der Waals surface area contributed by atoms with Gasteiger partial charge in [0.25, 0.3) is 0 Å². The maximum atomic E-state index is 16.5. The third-order valence-corrected chi connectivity index (χ3v) is 9.64. The van der Waals surface area contributed by atoms with Gasteiger partial charge in [-0.25, -0.2) is 13.9 Å². The van der Waals surface area contributed by atoms with Gasteiger partial charge in [-0.1, -0.05) is 63.1 Å². The Bertz CT molecular complexity index is 1950. The fourth-order valence-corrected chi connectivity index (χ4v) is 6.83. The highest BCUT2D eigenvalue weighted by atomic mass is 31.2. The molecule has 2 fully saturated rings. The van der Waals surface area contributed by atoms with Gasteiger partial charge in [-0.05, 0) is 36.6 Å². The van der Waals surface area contributed by atoms with Crippen LogP contribution in [0.4, 0.5) is 16.2 Å². The molecule has 49 heavy (non-hydrogen) atoms. The first-order valence-corrected chi connectivity index (χ1v) is 17.4. The van der Waals surface area contributed by atoms with Crippen molar-refractivity contribution in [1.29, 1.82) is 0 Å². The molecule has 0 radical (unpaired) electrons. The molecule has 0 bridgehead atoms. The van der Waals surface area contributed by atoms with Crippen LogP contribution in [-0.4, -0.2) is 73.8 Å². The minimum absolute atomic E-state index is 0.0891. The number of rotatable bonds is 12. The van der Waals surface area contributed by atoms with Gasteiger partial charge < -0.3 is 30.2 Å². The summed E-state index contributed by atoms with van der Waals surface area (Å²) in [4.78, 5) is 25.7. The zero-order valence-corrected chi connectivity index (χ0v) is 28.4. The fourth-order valence-electron chi connectivity index (χ4n) is 5.31. The van der Waals surface area contributed by atoms with Gasteiger partial charge >= 0.3 is 13.7 Å². The summed E-state index contributed by atoms with van der Waals surface area (Å²) < 4.78 is 55.3. The lowest BCUT2D eigenvalue weighted by molar-refractivity contribution is -0.148. The Balaban J connectivity index is 1.26. The molecule has 3 heterocycles. The van der Waals surface area contributed by atoms with Gasteiger partial charge in [0.05, 0.1) is 19.5 Å². The van der Waals surface area contributed by atoms with Crippen molar-refractivity contribution in [2.45, 2.75) is 76.7 Å². The van der Waals surface area contributed by atoms with E-state index in [-0.39, 0.29) is 35.4 Å². The van der Waals surface area contributed by atoms with E-state index in [1.54, 1.807) is 24.3 Å². The first kappa shape index (κ1) is 34.5. The topological polar surface area (TPSA) is 185 Å². The van der Waals surface area contributed by atoms with Crippen molar-refractivity contribution >= 4 is 47.4 Å². The number of imidazole rings is 1. The number of halogens is 1. The molecule has 5 N–H and O–H groups in total. The highest BCUT2D eigenvalue weighted by Gasteiger charge is 2.58. The number of alkyl halides is 1. The number of hydrogen-bond acceptors (Lipinski definition) is 12. The van der Waals surface area contributed by atoms with Gasteiger partial charge in [-0.3, -0.25) is 13.9 Å². The second-order valence-electron chi connectivity index (χ2n) is 13.4. The number of ether oxygens (including phenoxy) is 2. The van der Waals surface area contributed by atoms with Crippen molar-refractivity contribution in [2.75, 3.05) is 24.3 Å². The van der Waals surface area contributed by atoms with Gasteiger partial charge in [0.15, 0.2) is 23.2 Å². The minimum atomic E-state index is -4.47. The minimum Gasteiger partial charge on any atom is -0.464 e. The molecule has 2 aromatic carbocycles. The molecule has 1 saturated carbocycles. The largest absolute Gasteiger partial charge is 0.464 e. The van der Waals surface area contributed by atoms with Crippen molar-refractivity contribution in [1.82, 2.24) is 24.6 Å². The maximum absolute atomic E-state index is 16.5. The molecule has 0 amide bonds. The molecule has 0 unspecified atom stereocenters. The van der Waals surface area contributed by atoms with Gasteiger partial charge in [-0.2, -0.15) is 15.1 Å². The average molecular weight is 696 g/mol. The van der Waals surface area contributed by atoms with Crippen LogP contribution in [-0.2, 0) is 23.4 Å². The molecule has 1 saturated heterocycles. The molecule has 6 atom stereocenters. The van der Waals surface area contributed by atoms with Crippen LogP contribution in [0.15, 0.2) is 48.8 Å². The number of hydrogen-bond donors (Lipinski definition) is 4. The molecule has 14 nitrogen and oxygen atoms in total. The standard InChI is InChI=1S/C33H39FN7O7P/c1-6-33(34)26(42)24(47-30(33)41-18-36-25-27(37-21-14-15-21)38-31(35)39-28(25)41)16-46-49(44,40-19(2)29(43)45-17-32(3,4)5)48-23-13-9-11-20-10-7-8-12-22(20)23/h1,7-13,18-19,21,24,26,30,42H,14-17H2,2-5H3,(H,40,44)(H3,35,37,38,39)/t19-,24-,26-,30-,33-,49-/m1/s1. The first-order chi connectivity index (χ1) is 23.2. The smallest absolute Gasteiger partial charge is 0.459 e. The lowest BCUT2D eigenvalue weighted by Gasteiger charge is -2.26. The molecular formula is C33H39FN7O7P. The highest BCUT2D eigenvalue weighted by Crippen LogP contribution is 2.49. The highest BCUT2D eigenvalue weighted by molar-refractivity contribution is 7.52. The third kappa shape index (κ3) is 7.34. The molecule has 2 aromatic heterocycles. The Morgan fingerprint density at radius 1 is 1.27 bits per heavy atom. The number of esters is 1. The SMILES string of the molecule is C#C[C@@]1(F)[C@H](O)[C@@H](CO[P@](=O)(N[C@H](C)C(=O)OCC(C)(C)C)Oc2cccc3ccccc23)O[C@H]1n1cnc2c(NC3CC3)nc(N)nc21. The van der Waals surface area contributed by atoms with E-state index in [0.717, 1.165) is 18.2 Å². The number of terminal acetylenes is 1.